The van der Waals surface area contributed by atoms with Crippen molar-refractivity contribution in [2.24, 2.45) is 0 Å². The summed E-state index contributed by atoms with van der Waals surface area (Å²) in [7, 11) is 0. The van der Waals surface area contributed by atoms with Crippen molar-refractivity contribution < 1.29 is 0 Å². The molecule has 2 heterocycles. The molecular formula is C15H13N3S. The number of hydrogen-bond donors (Lipinski definition) is 0. The summed E-state index contributed by atoms with van der Waals surface area (Å²) in [5.41, 5.74) is 3.31. The first-order valence-corrected chi connectivity index (χ1v) is 6.80. The summed E-state index contributed by atoms with van der Waals surface area (Å²) in [5, 5.41) is 10.2. The molecule has 2 aromatic heterocycles. The van der Waals surface area contributed by atoms with E-state index in [0.29, 0.717) is 5.56 Å². The summed E-state index contributed by atoms with van der Waals surface area (Å²) in [4.78, 5) is 8.55. The van der Waals surface area contributed by atoms with E-state index in [1.54, 1.807) is 18.5 Å². The van der Waals surface area contributed by atoms with Crippen LogP contribution in [0.4, 0.5) is 0 Å². The Labute approximate surface area is 117 Å². The number of thioether (sulfide) groups is 1. The first-order valence-electron chi connectivity index (χ1n) is 5.82. The van der Waals surface area contributed by atoms with Gasteiger partial charge >= 0.3 is 0 Å². The lowest BCUT2D eigenvalue weighted by molar-refractivity contribution is 1.05. The minimum absolute atomic E-state index is 0.602. The largest absolute Gasteiger partial charge is 0.264 e. The Balaban J connectivity index is 2.58. The summed E-state index contributed by atoms with van der Waals surface area (Å²) >= 11 is 1.52. The van der Waals surface area contributed by atoms with Crippen molar-refractivity contribution in [1.29, 1.82) is 5.26 Å². The Kier molecular flexibility index (Phi) is 4.32. The van der Waals surface area contributed by atoms with Crippen LogP contribution in [0.25, 0.3) is 11.1 Å². The Bertz CT molecular complexity index is 630. The van der Waals surface area contributed by atoms with E-state index in [4.69, 9.17) is 0 Å². The quantitative estimate of drug-likeness (QED) is 0.627. The maximum Gasteiger partial charge on any atom is 0.115 e. The van der Waals surface area contributed by atoms with Gasteiger partial charge in [-0.2, -0.15) is 5.26 Å². The van der Waals surface area contributed by atoms with Crippen LogP contribution >= 0.6 is 11.8 Å². The lowest BCUT2D eigenvalue weighted by atomic mass is 10.0. The molecule has 94 valence electrons. The molecule has 19 heavy (non-hydrogen) atoms. The Morgan fingerprint density at radius 1 is 1.53 bits per heavy atom. The second kappa shape index (κ2) is 6.17. The van der Waals surface area contributed by atoms with Crippen LogP contribution in [0.2, 0.25) is 0 Å². The van der Waals surface area contributed by atoms with E-state index < -0.39 is 0 Å². The second-order valence-corrected chi connectivity index (χ2v) is 4.95. The van der Waals surface area contributed by atoms with Crippen molar-refractivity contribution in [2.45, 2.75) is 11.9 Å². The normalized spacial score (nSPS) is 9.89. The van der Waals surface area contributed by atoms with Gasteiger partial charge in [0.05, 0.1) is 5.56 Å². The van der Waals surface area contributed by atoms with Gasteiger partial charge in [-0.3, -0.25) is 4.98 Å². The zero-order chi connectivity index (χ0) is 13.7. The van der Waals surface area contributed by atoms with E-state index in [1.807, 2.05) is 25.1 Å². The number of aromatic nitrogens is 2. The minimum Gasteiger partial charge on any atom is -0.264 e. The van der Waals surface area contributed by atoms with E-state index in [9.17, 15) is 5.26 Å². The summed E-state index contributed by atoms with van der Waals surface area (Å²) in [5.74, 6) is 0.734. The first-order chi connectivity index (χ1) is 9.26. The fourth-order valence-corrected chi connectivity index (χ4v) is 2.53. The zero-order valence-electron chi connectivity index (χ0n) is 10.6. The average molecular weight is 267 g/mol. The molecule has 0 saturated heterocycles. The third-order valence-corrected chi connectivity index (χ3v) is 3.51. The van der Waals surface area contributed by atoms with Crippen LogP contribution < -0.4 is 0 Å². The van der Waals surface area contributed by atoms with Crippen LogP contribution in [-0.4, -0.2) is 15.7 Å². The summed E-state index contributed by atoms with van der Waals surface area (Å²) in [6, 6.07) is 7.99. The van der Waals surface area contributed by atoms with Crippen molar-refractivity contribution in [3.63, 3.8) is 0 Å². The maximum atomic E-state index is 9.40. The predicted octanol–water partition coefficient (Wildman–Crippen LogP) is 3.60. The molecule has 0 spiro atoms. The first kappa shape index (κ1) is 13.3. The van der Waals surface area contributed by atoms with Crippen molar-refractivity contribution in [3.8, 4) is 17.2 Å². The van der Waals surface area contributed by atoms with Gasteiger partial charge < -0.3 is 0 Å². The number of pyridine rings is 2. The molecule has 0 N–H and O–H groups in total. The highest BCUT2D eigenvalue weighted by atomic mass is 32.2. The van der Waals surface area contributed by atoms with Gasteiger partial charge in [0.1, 0.15) is 11.1 Å². The maximum absolute atomic E-state index is 9.40. The van der Waals surface area contributed by atoms with Crippen LogP contribution in [0, 0.1) is 18.3 Å². The molecule has 2 rings (SSSR count). The van der Waals surface area contributed by atoms with Gasteiger partial charge in [0.25, 0.3) is 0 Å². The Hall–Kier alpha value is -2.12. The van der Waals surface area contributed by atoms with Crippen LogP contribution in [0.1, 0.15) is 11.3 Å². The summed E-state index contributed by atoms with van der Waals surface area (Å²) < 4.78 is 0. The van der Waals surface area contributed by atoms with Crippen molar-refractivity contribution in [2.75, 3.05) is 5.75 Å². The highest BCUT2D eigenvalue weighted by Gasteiger charge is 2.13. The molecular weight excluding hydrogens is 254 g/mol. The van der Waals surface area contributed by atoms with E-state index in [1.165, 1.54) is 11.8 Å². The highest BCUT2D eigenvalue weighted by molar-refractivity contribution is 7.99. The molecule has 0 bridgehead atoms. The molecule has 0 aromatic carbocycles. The average Bonchev–Trinajstić information content (AvgIpc) is 2.45. The lowest BCUT2D eigenvalue weighted by Gasteiger charge is -2.09. The van der Waals surface area contributed by atoms with E-state index in [2.05, 4.69) is 22.6 Å². The molecule has 0 radical (unpaired) electrons. The zero-order valence-corrected chi connectivity index (χ0v) is 11.4. The molecule has 0 aliphatic rings. The smallest absolute Gasteiger partial charge is 0.115 e. The number of aryl methyl sites for hydroxylation is 1. The van der Waals surface area contributed by atoms with E-state index in [0.717, 1.165) is 27.6 Å². The number of rotatable bonds is 4. The van der Waals surface area contributed by atoms with Crippen LogP contribution in [0.15, 0.2) is 48.3 Å². The van der Waals surface area contributed by atoms with Gasteiger partial charge in [-0.1, -0.05) is 12.1 Å². The third-order valence-electron chi connectivity index (χ3n) is 2.54. The molecule has 0 atom stereocenters. The van der Waals surface area contributed by atoms with Crippen LogP contribution in [0.5, 0.6) is 0 Å². The highest BCUT2D eigenvalue weighted by Crippen LogP contribution is 2.30. The molecule has 4 heteroatoms. The van der Waals surface area contributed by atoms with Crippen molar-refractivity contribution in [1.82, 2.24) is 9.97 Å². The molecule has 0 saturated carbocycles. The van der Waals surface area contributed by atoms with Gasteiger partial charge in [0.15, 0.2) is 0 Å². The third kappa shape index (κ3) is 3.01. The SMILES string of the molecule is C=CCSc1nc(C)cc(-c2cccnc2)c1C#N. The monoisotopic (exact) mass is 267 g/mol. The topological polar surface area (TPSA) is 49.6 Å². The summed E-state index contributed by atoms with van der Waals surface area (Å²) in [6.45, 7) is 5.62. The predicted molar refractivity (Wildman–Crippen MR) is 77.8 cm³/mol. The molecule has 0 unspecified atom stereocenters. The van der Waals surface area contributed by atoms with Gasteiger partial charge in [-0.15, -0.1) is 18.3 Å². The molecule has 0 fully saturated rings. The van der Waals surface area contributed by atoms with E-state index in [-0.39, 0.29) is 0 Å². The van der Waals surface area contributed by atoms with Gasteiger partial charge in [-0.05, 0) is 19.1 Å². The van der Waals surface area contributed by atoms with Gasteiger partial charge in [0.2, 0.25) is 0 Å². The fraction of sp³-hybridized carbons (Fsp3) is 0.133. The van der Waals surface area contributed by atoms with Crippen LogP contribution in [-0.2, 0) is 0 Å². The Morgan fingerprint density at radius 3 is 3.00 bits per heavy atom. The van der Waals surface area contributed by atoms with E-state index >= 15 is 0 Å². The molecule has 0 aliphatic carbocycles. The summed E-state index contributed by atoms with van der Waals surface area (Å²) in [6.07, 6.45) is 5.29. The van der Waals surface area contributed by atoms with Gasteiger partial charge in [-0.25, -0.2) is 4.98 Å². The fourth-order valence-electron chi connectivity index (χ4n) is 1.74. The molecule has 0 aliphatic heterocycles. The molecule has 2 aromatic rings. The number of nitrogens with zero attached hydrogens (tertiary/aromatic N) is 3. The van der Waals surface area contributed by atoms with Crippen molar-refractivity contribution >= 4 is 11.8 Å². The number of nitriles is 1. The second-order valence-electron chi connectivity index (χ2n) is 3.94. The Morgan fingerprint density at radius 2 is 2.37 bits per heavy atom. The number of hydrogen-bond acceptors (Lipinski definition) is 4. The lowest BCUT2D eigenvalue weighted by Crippen LogP contribution is -1.95. The minimum atomic E-state index is 0.602. The standard InChI is InChI=1S/C15H13N3S/c1-3-7-19-15-14(9-16)13(8-11(2)18-15)12-5-4-6-17-10-12/h3-6,8,10H,1,7H2,2H3. The van der Waals surface area contributed by atoms with Crippen LogP contribution in [0.3, 0.4) is 0 Å². The molecule has 0 amide bonds. The van der Waals surface area contributed by atoms with Gasteiger partial charge in [0, 0.05) is 35.0 Å². The molecule has 3 nitrogen and oxygen atoms in total. The van der Waals surface area contributed by atoms with Crippen molar-refractivity contribution in [3.05, 3.63) is 54.5 Å².